The summed E-state index contributed by atoms with van der Waals surface area (Å²) in [4.78, 5) is 3.75. The Morgan fingerprint density at radius 1 is 1.21 bits per heavy atom. The molecule has 0 aromatic heterocycles. The van der Waals surface area contributed by atoms with Crippen LogP contribution in [0.4, 0.5) is 18.9 Å². The second-order valence-electron chi connectivity index (χ2n) is 6.66. The number of fused-ring (bicyclic) bond motifs is 1. The van der Waals surface area contributed by atoms with Crippen LogP contribution in [0, 0.1) is 0 Å². The van der Waals surface area contributed by atoms with E-state index >= 15 is 0 Å². The predicted octanol–water partition coefficient (Wildman–Crippen LogP) is 3.28. The van der Waals surface area contributed by atoms with Crippen LogP contribution in [-0.4, -0.2) is 47.7 Å². The fourth-order valence-electron chi connectivity index (χ4n) is 3.75. The minimum Gasteiger partial charge on any atom is -0.361 e. The lowest BCUT2D eigenvalue weighted by molar-refractivity contribution is -0.151. The van der Waals surface area contributed by atoms with E-state index in [2.05, 4.69) is 15.8 Å². The Morgan fingerprint density at radius 2 is 2.00 bits per heavy atom. The number of anilines is 1. The van der Waals surface area contributed by atoms with Gasteiger partial charge in [-0.05, 0) is 25.0 Å². The molecular formula is C16H18ClF3N4. The molecule has 1 aliphatic carbocycles. The molecule has 1 saturated carbocycles. The number of nitrogens with one attached hydrogen (secondary N) is 2. The number of hydrazine groups is 1. The highest BCUT2D eigenvalue weighted by atomic mass is 35.5. The van der Waals surface area contributed by atoms with Crippen molar-refractivity contribution in [2.75, 3.05) is 31.6 Å². The van der Waals surface area contributed by atoms with E-state index in [-0.39, 0.29) is 5.54 Å². The fraction of sp³-hybridized carbons (Fsp3) is 0.500. The van der Waals surface area contributed by atoms with Gasteiger partial charge in [0.15, 0.2) is 0 Å². The van der Waals surface area contributed by atoms with Crippen molar-refractivity contribution in [1.29, 1.82) is 0 Å². The van der Waals surface area contributed by atoms with E-state index in [1.165, 1.54) is 4.90 Å². The van der Waals surface area contributed by atoms with Crippen molar-refractivity contribution in [2.24, 2.45) is 0 Å². The van der Waals surface area contributed by atoms with Crippen LogP contribution in [0.3, 0.4) is 0 Å². The summed E-state index contributed by atoms with van der Waals surface area (Å²) < 4.78 is 38.1. The van der Waals surface area contributed by atoms with Gasteiger partial charge in [-0.3, -0.25) is 4.90 Å². The van der Waals surface area contributed by atoms with Crippen molar-refractivity contribution in [2.45, 2.75) is 24.6 Å². The zero-order chi connectivity index (χ0) is 16.9. The minimum atomic E-state index is -4.15. The molecule has 4 nitrogen and oxygen atoms in total. The van der Waals surface area contributed by atoms with Gasteiger partial charge < -0.3 is 15.8 Å². The molecule has 0 bridgehead atoms. The van der Waals surface area contributed by atoms with Gasteiger partial charge in [0.05, 0.1) is 28.5 Å². The predicted molar refractivity (Wildman–Crippen MR) is 87.4 cm³/mol. The Hall–Kier alpha value is -1.60. The van der Waals surface area contributed by atoms with Crippen LogP contribution in [-0.2, 0) is 0 Å². The van der Waals surface area contributed by atoms with E-state index in [1.54, 1.807) is 0 Å². The van der Waals surface area contributed by atoms with E-state index in [9.17, 15) is 13.2 Å². The molecule has 0 atom stereocenters. The number of rotatable bonds is 2. The smallest absolute Gasteiger partial charge is 0.361 e. The summed E-state index contributed by atoms with van der Waals surface area (Å²) in [6, 6.07) is 5.63. The van der Waals surface area contributed by atoms with E-state index < -0.39 is 12.7 Å². The van der Waals surface area contributed by atoms with Crippen LogP contribution >= 0.6 is 11.6 Å². The molecule has 1 aromatic carbocycles. The molecule has 0 radical (unpaired) electrons. The first-order chi connectivity index (χ1) is 11.4. The maximum atomic E-state index is 12.7. The normalized spacial score (nSPS) is 22.5. The van der Waals surface area contributed by atoms with Crippen molar-refractivity contribution in [3.8, 4) is 0 Å². The van der Waals surface area contributed by atoms with Gasteiger partial charge in [0.25, 0.3) is 0 Å². The van der Waals surface area contributed by atoms with Gasteiger partial charge >= 0.3 is 6.18 Å². The maximum Gasteiger partial charge on any atom is 0.401 e. The Morgan fingerprint density at radius 3 is 2.71 bits per heavy atom. The van der Waals surface area contributed by atoms with Gasteiger partial charge in [0, 0.05) is 31.4 Å². The number of hydrogen-bond acceptors (Lipinski definition) is 4. The molecule has 2 heterocycles. The third kappa shape index (κ3) is 2.80. The molecule has 8 heteroatoms. The van der Waals surface area contributed by atoms with Crippen LogP contribution in [0.1, 0.15) is 18.4 Å². The second kappa shape index (κ2) is 5.46. The lowest BCUT2D eigenvalue weighted by Crippen LogP contribution is -2.56. The molecule has 130 valence electrons. The van der Waals surface area contributed by atoms with E-state index in [4.69, 9.17) is 11.6 Å². The average molecular weight is 359 g/mol. The van der Waals surface area contributed by atoms with E-state index in [0.717, 1.165) is 29.8 Å². The highest BCUT2D eigenvalue weighted by Crippen LogP contribution is 2.49. The molecule has 1 saturated heterocycles. The van der Waals surface area contributed by atoms with E-state index in [1.807, 2.05) is 24.4 Å². The average Bonchev–Trinajstić information content (AvgIpc) is 3.25. The molecule has 1 spiro atoms. The standard InChI is InChI=1S/C16H18ClF3N4/c17-11-2-1-3-12-14(11)13(8-21-22-12)24-7-6-23(10-16(18,19)20)9-15(24)4-5-15/h1-3,8,21-22H,4-7,9-10H2. The molecule has 2 fully saturated rings. The zero-order valence-electron chi connectivity index (χ0n) is 13.0. The van der Waals surface area contributed by atoms with Crippen molar-refractivity contribution in [1.82, 2.24) is 15.2 Å². The van der Waals surface area contributed by atoms with Gasteiger partial charge in [-0.1, -0.05) is 17.7 Å². The number of alkyl halides is 3. The molecule has 0 amide bonds. The van der Waals surface area contributed by atoms with Crippen LogP contribution < -0.4 is 10.9 Å². The molecular weight excluding hydrogens is 341 g/mol. The van der Waals surface area contributed by atoms with Crippen molar-refractivity contribution in [3.05, 3.63) is 35.0 Å². The summed E-state index contributed by atoms with van der Waals surface area (Å²) >= 11 is 6.39. The quantitative estimate of drug-likeness (QED) is 0.849. The summed E-state index contributed by atoms with van der Waals surface area (Å²) in [5, 5.41) is 0.640. The van der Waals surface area contributed by atoms with Crippen LogP contribution in [0.2, 0.25) is 5.02 Å². The molecule has 2 aliphatic heterocycles. The van der Waals surface area contributed by atoms with Crippen LogP contribution in [0.15, 0.2) is 24.4 Å². The maximum absolute atomic E-state index is 12.7. The summed E-state index contributed by atoms with van der Waals surface area (Å²) in [7, 11) is 0. The number of piperazine rings is 1. The van der Waals surface area contributed by atoms with Crippen LogP contribution in [0.5, 0.6) is 0 Å². The first kappa shape index (κ1) is 15.9. The Bertz CT molecular complexity index is 684. The molecule has 0 unspecified atom stereocenters. The van der Waals surface area contributed by atoms with Gasteiger partial charge in [0.1, 0.15) is 0 Å². The van der Waals surface area contributed by atoms with Crippen LogP contribution in [0.25, 0.3) is 5.70 Å². The molecule has 4 rings (SSSR count). The first-order valence-electron chi connectivity index (χ1n) is 7.95. The lowest BCUT2D eigenvalue weighted by atomic mass is 10.0. The van der Waals surface area contributed by atoms with Crippen molar-refractivity contribution >= 4 is 23.0 Å². The minimum absolute atomic E-state index is 0.204. The van der Waals surface area contributed by atoms with Crippen molar-refractivity contribution in [3.63, 3.8) is 0 Å². The number of halogens is 4. The third-order valence-electron chi connectivity index (χ3n) is 4.94. The summed E-state index contributed by atoms with van der Waals surface area (Å²) in [5.41, 5.74) is 8.63. The SMILES string of the molecule is FC(F)(F)CN1CCN(C2=CNNc3cccc(Cl)c32)C2(CC2)C1. The monoisotopic (exact) mass is 358 g/mol. The molecule has 1 aromatic rings. The number of hydrogen-bond donors (Lipinski definition) is 2. The van der Waals surface area contributed by atoms with Gasteiger partial charge in [-0.25, -0.2) is 0 Å². The highest BCUT2D eigenvalue weighted by molar-refractivity contribution is 6.33. The zero-order valence-corrected chi connectivity index (χ0v) is 13.7. The molecule has 2 N–H and O–H groups in total. The van der Waals surface area contributed by atoms with E-state index in [0.29, 0.717) is 24.7 Å². The Kier molecular flexibility index (Phi) is 3.61. The van der Waals surface area contributed by atoms with Gasteiger partial charge in [0.2, 0.25) is 0 Å². The Balaban J connectivity index is 1.60. The number of benzene rings is 1. The highest BCUT2D eigenvalue weighted by Gasteiger charge is 2.53. The Labute approximate surface area is 143 Å². The van der Waals surface area contributed by atoms with Gasteiger partial charge in [-0.2, -0.15) is 13.2 Å². The largest absolute Gasteiger partial charge is 0.401 e. The summed E-state index contributed by atoms with van der Waals surface area (Å²) in [5.74, 6) is 0. The van der Waals surface area contributed by atoms with Gasteiger partial charge in [-0.15, -0.1) is 0 Å². The molecule has 3 aliphatic rings. The first-order valence-corrected chi connectivity index (χ1v) is 8.33. The summed E-state index contributed by atoms with van der Waals surface area (Å²) in [6.45, 7) is 0.565. The van der Waals surface area contributed by atoms with Crippen molar-refractivity contribution < 1.29 is 13.2 Å². The lowest BCUT2D eigenvalue weighted by Gasteiger charge is -2.45. The fourth-order valence-corrected chi connectivity index (χ4v) is 4.02. The topological polar surface area (TPSA) is 30.5 Å². The number of nitrogens with zero attached hydrogens (tertiary/aromatic N) is 2. The second-order valence-corrected chi connectivity index (χ2v) is 7.07. The molecule has 24 heavy (non-hydrogen) atoms. The summed E-state index contributed by atoms with van der Waals surface area (Å²) in [6.07, 6.45) is -0.477. The third-order valence-corrected chi connectivity index (χ3v) is 5.25.